The third kappa shape index (κ3) is 7.98. The van der Waals surface area contributed by atoms with Crippen molar-refractivity contribution in [3.05, 3.63) is 52.1 Å². The number of aromatic nitrogens is 1. The van der Waals surface area contributed by atoms with E-state index in [0.717, 1.165) is 66.8 Å². The van der Waals surface area contributed by atoms with Crippen LogP contribution >= 0.6 is 15.9 Å². The van der Waals surface area contributed by atoms with Crippen LogP contribution in [0.2, 0.25) is 0 Å². The van der Waals surface area contributed by atoms with Crippen molar-refractivity contribution in [3.63, 3.8) is 0 Å². The summed E-state index contributed by atoms with van der Waals surface area (Å²) in [6.07, 6.45) is 8.20. The normalized spacial score (nSPS) is 18.6. The van der Waals surface area contributed by atoms with Gasteiger partial charge in [0, 0.05) is 61.8 Å². The molecule has 0 saturated carbocycles. The van der Waals surface area contributed by atoms with Gasteiger partial charge in [-0.1, -0.05) is 0 Å². The van der Waals surface area contributed by atoms with Crippen molar-refractivity contribution in [1.29, 1.82) is 0 Å². The number of amides is 4. The predicted octanol–water partition coefficient (Wildman–Crippen LogP) is 3.89. The van der Waals surface area contributed by atoms with Crippen molar-refractivity contribution in [3.8, 4) is 5.88 Å². The van der Waals surface area contributed by atoms with Gasteiger partial charge >= 0.3 is 0 Å². The number of carbonyl (C=O) groups excluding carboxylic acids is 4. The Kier molecular flexibility index (Phi) is 10.8. The summed E-state index contributed by atoms with van der Waals surface area (Å²) in [5, 5.41) is 2.22. The molecule has 12 heteroatoms. The molecule has 2 aromatic rings. The van der Waals surface area contributed by atoms with Crippen LogP contribution in [0.15, 0.2) is 41.0 Å². The second-order valence-corrected chi connectivity index (χ2v) is 11.9. The van der Waals surface area contributed by atoms with E-state index in [2.05, 4.69) is 31.1 Å². The van der Waals surface area contributed by atoms with Gasteiger partial charge in [-0.3, -0.25) is 29.4 Å². The quantitative estimate of drug-likeness (QED) is 0.211. The predicted molar refractivity (Wildman–Crippen MR) is 161 cm³/mol. The molecule has 3 aliphatic rings. The van der Waals surface area contributed by atoms with Crippen LogP contribution in [0.4, 0.5) is 5.69 Å². The van der Waals surface area contributed by atoms with E-state index in [1.165, 1.54) is 0 Å². The number of carbonyl (C=O) groups is 4. The summed E-state index contributed by atoms with van der Waals surface area (Å²) in [4.78, 5) is 57.0. The fraction of sp³-hybridized carbons (Fsp3) is 0.516. The zero-order valence-corrected chi connectivity index (χ0v) is 25.7. The molecule has 43 heavy (non-hydrogen) atoms. The van der Waals surface area contributed by atoms with Crippen LogP contribution in [0.25, 0.3) is 0 Å². The lowest BCUT2D eigenvalue weighted by Gasteiger charge is -2.40. The van der Waals surface area contributed by atoms with Crippen molar-refractivity contribution < 1.29 is 33.4 Å². The number of halogens is 1. The largest absolute Gasteiger partial charge is 0.478 e. The lowest BCUT2D eigenvalue weighted by atomic mass is 10.0. The van der Waals surface area contributed by atoms with Gasteiger partial charge in [0.05, 0.1) is 23.8 Å². The minimum Gasteiger partial charge on any atom is -0.478 e. The Hall–Kier alpha value is -3.35. The third-order valence-corrected chi connectivity index (χ3v) is 8.28. The minimum atomic E-state index is -0.959. The molecule has 0 radical (unpaired) electrons. The maximum atomic E-state index is 13.1. The van der Waals surface area contributed by atoms with Gasteiger partial charge in [0.2, 0.25) is 17.7 Å². The molecule has 1 N–H and O–H groups in total. The van der Waals surface area contributed by atoms with E-state index in [1.54, 1.807) is 18.3 Å². The third-order valence-electron chi connectivity index (χ3n) is 7.81. The second-order valence-electron chi connectivity index (χ2n) is 11.0. The van der Waals surface area contributed by atoms with Gasteiger partial charge in [0.25, 0.3) is 11.8 Å². The number of hydrogen-bond donors (Lipinski definition) is 1. The summed E-state index contributed by atoms with van der Waals surface area (Å²) in [5.74, 6) is -1.33. The number of hydrogen-bond acceptors (Lipinski definition) is 9. The van der Waals surface area contributed by atoms with Crippen LogP contribution < -0.4 is 15.0 Å². The summed E-state index contributed by atoms with van der Waals surface area (Å²) in [6, 6.07) is 7.99. The maximum Gasteiger partial charge on any atom is 0.262 e. The summed E-state index contributed by atoms with van der Waals surface area (Å²) in [7, 11) is 0. The highest BCUT2D eigenvalue weighted by Gasteiger charge is 2.45. The molecule has 0 spiro atoms. The highest BCUT2D eigenvalue weighted by Crippen LogP contribution is 2.32. The topological polar surface area (TPSA) is 127 Å². The SMILES string of the molecule is O=C1CCC(N2C(=O)c3ccc(N4CC(OCCCCCOCCCCCOc5ccc(Br)cn5)C4)cc3C2=O)C(=O)N1. The second kappa shape index (κ2) is 14.9. The lowest BCUT2D eigenvalue weighted by Crippen LogP contribution is -2.54. The molecule has 4 amide bonds. The van der Waals surface area contributed by atoms with Crippen LogP contribution in [-0.4, -0.2) is 85.2 Å². The number of anilines is 1. The van der Waals surface area contributed by atoms with Crippen LogP contribution in [-0.2, 0) is 19.1 Å². The van der Waals surface area contributed by atoms with Crippen LogP contribution in [0.5, 0.6) is 5.88 Å². The zero-order chi connectivity index (χ0) is 30.2. The van der Waals surface area contributed by atoms with Gasteiger partial charge in [-0.25, -0.2) is 4.98 Å². The summed E-state index contributed by atoms with van der Waals surface area (Å²) < 4.78 is 18.3. The molecule has 4 heterocycles. The van der Waals surface area contributed by atoms with Crippen molar-refractivity contribution >= 4 is 45.2 Å². The molecular weight excluding hydrogens is 620 g/mol. The Bertz CT molecular complexity index is 1320. The number of benzene rings is 1. The number of fused-ring (bicyclic) bond motifs is 1. The van der Waals surface area contributed by atoms with E-state index >= 15 is 0 Å². The average molecular weight is 658 g/mol. The van der Waals surface area contributed by atoms with Gasteiger partial charge in [-0.2, -0.15) is 0 Å². The fourth-order valence-electron chi connectivity index (χ4n) is 5.35. The van der Waals surface area contributed by atoms with E-state index in [1.807, 2.05) is 18.2 Å². The first-order chi connectivity index (χ1) is 20.9. The monoisotopic (exact) mass is 656 g/mol. The van der Waals surface area contributed by atoms with E-state index in [-0.39, 0.29) is 30.4 Å². The standard InChI is InChI=1S/C31H37BrN4O7/c32-21-7-12-28(33-18-21)43-16-6-2-4-14-41-13-3-1-5-15-42-23-19-35(20-23)22-8-9-24-25(17-22)31(40)36(30(24)39)26-10-11-27(37)34-29(26)38/h7-9,12,17-18,23,26H,1-6,10-11,13-16,19-20H2,(H,34,37,38). The van der Waals surface area contributed by atoms with Gasteiger partial charge < -0.3 is 19.1 Å². The molecule has 2 fully saturated rings. The molecule has 1 unspecified atom stereocenters. The molecule has 5 rings (SSSR count). The van der Waals surface area contributed by atoms with Crippen molar-refractivity contribution in [2.24, 2.45) is 0 Å². The highest BCUT2D eigenvalue weighted by atomic mass is 79.9. The van der Waals surface area contributed by atoms with Gasteiger partial charge in [-0.15, -0.1) is 0 Å². The Morgan fingerprint density at radius 2 is 1.58 bits per heavy atom. The van der Waals surface area contributed by atoms with Gasteiger partial charge in [0.15, 0.2) is 0 Å². The summed E-state index contributed by atoms with van der Waals surface area (Å²) in [6.45, 7) is 4.31. The van der Waals surface area contributed by atoms with Crippen LogP contribution in [0.1, 0.15) is 72.1 Å². The smallest absolute Gasteiger partial charge is 0.262 e. The van der Waals surface area contributed by atoms with E-state index in [4.69, 9.17) is 14.2 Å². The van der Waals surface area contributed by atoms with Crippen molar-refractivity contribution in [2.45, 2.75) is 63.5 Å². The zero-order valence-electron chi connectivity index (χ0n) is 24.1. The number of unbranched alkanes of at least 4 members (excludes halogenated alkanes) is 4. The van der Waals surface area contributed by atoms with Crippen molar-refractivity contribution in [1.82, 2.24) is 15.2 Å². The van der Waals surface area contributed by atoms with Crippen LogP contribution in [0.3, 0.4) is 0 Å². The highest BCUT2D eigenvalue weighted by molar-refractivity contribution is 9.10. The molecular formula is C31H37BrN4O7. The Morgan fingerprint density at radius 1 is 0.860 bits per heavy atom. The Morgan fingerprint density at radius 3 is 2.30 bits per heavy atom. The molecule has 2 saturated heterocycles. The number of piperidine rings is 1. The maximum absolute atomic E-state index is 13.1. The first-order valence-corrected chi connectivity index (χ1v) is 15.7. The fourth-order valence-corrected chi connectivity index (χ4v) is 5.59. The lowest BCUT2D eigenvalue weighted by molar-refractivity contribution is -0.136. The molecule has 11 nitrogen and oxygen atoms in total. The molecule has 1 aromatic heterocycles. The van der Waals surface area contributed by atoms with E-state index < -0.39 is 23.8 Å². The Balaban J connectivity index is 0.896. The number of imide groups is 2. The molecule has 0 aliphatic carbocycles. The molecule has 1 atom stereocenters. The van der Waals surface area contributed by atoms with E-state index in [0.29, 0.717) is 37.7 Å². The first-order valence-electron chi connectivity index (χ1n) is 14.9. The molecule has 0 bridgehead atoms. The number of ether oxygens (including phenoxy) is 3. The van der Waals surface area contributed by atoms with Crippen LogP contribution in [0, 0.1) is 0 Å². The molecule has 230 valence electrons. The van der Waals surface area contributed by atoms with E-state index in [9.17, 15) is 19.2 Å². The minimum absolute atomic E-state index is 0.0994. The van der Waals surface area contributed by atoms with Crippen molar-refractivity contribution in [2.75, 3.05) is 44.4 Å². The Labute approximate surface area is 259 Å². The summed E-state index contributed by atoms with van der Waals surface area (Å²) >= 11 is 3.36. The number of nitrogens with one attached hydrogen (secondary N) is 1. The number of rotatable bonds is 16. The molecule has 1 aromatic carbocycles. The number of pyridine rings is 1. The molecule has 3 aliphatic heterocycles. The summed E-state index contributed by atoms with van der Waals surface area (Å²) in [5.41, 5.74) is 1.42. The van der Waals surface area contributed by atoms with Gasteiger partial charge in [-0.05, 0) is 85.1 Å². The van der Waals surface area contributed by atoms with Gasteiger partial charge in [0.1, 0.15) is 6.04 Å². The first kappa shape index (κ1) is 31.1. The number of nitrogens with zero attached hydrogens (tertiary/aromatic N) is 3. The average Bonchev–Trinajstić information content (AvgIpc) is 3.22.